The molecular weight excluding hydrogens is 485 g/mol. The number of halogens is 1. The summed E-state index contributed by atoms with van der Waals surface area (Å²) in [4.78, 5) is 21.5. The molecule has 0 atom stereocenters. The number of hydrogen-bond donors (Lipinski definition) is 2. The molecule has 3 aromatic heterocycles. The van der Waals surface area contributed by atoms with Crippen LogP contribution in [0, 0.1) is 17.1 Å². The number of nitrogens with two attached hydrogens (primary N) is 1. The predicted molar refractivity (Wildman–Crippen MR) is 143 cm³/mol. The monoisotopic (exact) mass is 515 g/mol. The number of hydrogen-bond acceptors (Lipinski definition) is 8. The van der Waals surface area contributed by atoms with E-state index in [1.165, 1.54) is 22.9 Å². The van der Waals surface area contributed by atoms with Crippen LogP contribution in [0.5, 0.6) is 0 Å². The molecule has 4 aromatic rings. The molecule has 0 saturated heterocycles. The lowest BCUT2D eigenvalue weighted by atomic mass is 9.94. The van der Waals surface area contributed by atoms with Crippen LogP contribution < -0.4 is 16.6 Å². The zero-order valence-electron chi connectivity index (χ0n) is 21.2. The van der Waals surface area contributed by atoms with Crippen LogP contribution in [0.4, 0.5) is 10.2 Å². The second-order valence-corrected chi connectivity index (χ2v) is 9.51. The summed E-state index contributed by atoms with van der Waals surface area (Å²) in [7, 11) is 0. The zero-order chi connectivity index (χ0) is 26.9. The molecule has 0 aliphatic heterocycles. The Kier molecular flexibility index (Phi) is 6.78. The summed E-state index contributed by atoms with van der Waals surface area (Å²) < 4.78 is 21.8. The Morgan fingerprint density at radius 1 is 1.24 bits per heavy atom. The van der Waals surface area contributed by atoms with Gasteiger partial charge in [-0.3, -0.25) is 9.36 Å². The molecule has 0 amide bonds. The number of nitrogens with one attached hydrogen (secondary N) is 1. The zero-order valence-corrected chi connectivity index (χ0v) is 21.2. The molecule has 3 N–H and O–H groups in total. The lowest BCUT2D eigenvalue weighted by molar-refractivity contribution is 0.345. The van der Waals surface area contributed by atoms with E-state index < -0.39 is 11.4 Å². The summed E-state index contributed by atoms with van der Waals surface area (Å²) in [6.07, 6.45) is 6.37. The Morgan fingerprint density at radius 3 is 2.71 bits per heavy atom. The SMILES string of the molecule is CCC(C#N)(CC)n1cc(-c2cnc(N)c(-c3cc(-c4ccc(CNC5CC5)cc4F)no3)n2)ccc1=O.[HH]. The van der Waals surface area contributed by atoms with Crippen molar-refractivity contribution < 1.29 is 10.3 Å². The van der Waals surface area contributed by atoms with Crippen molar-refractivity contribution in [3.8, 4) is 40.0 Å². The summed E-state index contributed by atoms with van der Waals surface area (Å²) in [5, 5.41) is 17.2. The highest BCUT2D eigenvalue weighted by Crippen LogP contribution is 2.31. The highest BCUT2D eigenvalue weighted by atomic mass is 19.1. The van der Waals surface area contributed by atoms with Crippen LogP contribution in [-0.2, 0) is 12.1 Å². The minimum atomic E-state index is -0.968. The van der Waals surface area contributed by atoms with Crippen LogP contribution in [0.1, 0.15) is 46.5 Å². The molecule has 0 unspecified atom stereocenters. The molecule has 196 valence electrons. The van der Waals surface area contributed by atoms with Gasteiger partial charge in [0.25, 0.3) is 5.56 Å². The fraction of sp³-hybridized carbons (Fsp3) is 0.321. The average Bonchev–Trinajstić information content (AvgIpc) is 3.64. The molecule has 0 spiro atoms. The molecule has 1 aromatic carbocycles. The quantitative estimate of drug-likeness (QED) is 0.322. The molecular formula is C28H30FN7O2. The Labute approximate surface area is 220 Å². The van der Waals surface area contributed by atoms with Crippen molar-refractivity contribution in [2.45, 2.75) is 57.7 Å². The van der Waals surface area contributed by atoms with Gasteiger partial charge in [0, 0.05) is 43.5 Å². The first-order chi connectivity index (χ1) is 18.4. The molecule has 1 saturated carbocycles. The first kappa shape index (κ1) is 25.3. The van der Waals surface area contributed by atoms with E-state index in [1.54, 1.807) is 24.4 Å². The van der Waals surface area contributed by atoms with E-state index in [0.29, 0.717) is 47.9 Å². The Hall–Kier alpha value is -4.36. The van der Waals surface area contributed by atoms with Crippen LogP contribution >= 0.6 is 0 Å². The minimum Gasteiger partial charge on any atom is -0.382 e. The van der Waals surface area contributed by atoms with Crippen LogP contribution in [-0.4, -0.2) is 25.7 Å². The largest absolute Gasteiger partial charge is 0.382 e. The van der Waals surface area contributed by atoms with Crippen molar-refractivity contribution >= 4 is 5.82 Å². The van der Waals surface area contributed by atoms with Crippen LogP contribution in [0.15, 0.2) is 58.1 Å². The molecule has 10 heteroatoms. The molecule has 1 aliphatic carbocycles. The standard InChI is InChI=1S/C28H28FN7O2.H2/c1-3-28(4-2,16-30)36-15-18(6-10-25(36)37)23-14-33-27(31)26(34-23)24-12-22(35-38-24)20-9-5-17(11-21(20)29)13-32-19-7-8-19;/h5-6,9-12,14-15,19,32H,3-4,7-8,13H2,1-2H3,(H2,31,33);1H. The molecule has 9 nitrogen and oxygen atoms in total. The third-order valence-electron chi connectivity index (χ3n) is 7.07. The molecule has 1 fully saturated rings. The molecule has 1 aliphatic rings. The number of aromatic nitrogens is 4. The van der Waals surface area contributed by atoms with Crippen molar-refractivity contribution in [1.29, 1.82) is 5.26 Å². The second kappa shape index (κ2) is 10.2. The van der Waals surface area contributed by atoms with E-state index in [0.717, 1.165) is 18.4 Å². The van der Waals surface area contributed by atoms with E-state index >= 15 is 0 Å². The number of benzene rings is 1. The lowest BCUT2D eigenvalue weighted by Gasteiger charge is -2.26. The van der Waals surface area contributed by atoms with Gasteiger partial charge < -0.3 is 15.6 Å². The van der Waals surface area contributed by atoms with E-state index in [4.69, 9.17) is 10.3 Å². The highest BCUT2D eigenvalue weighted by molar-refractivity contribution is 5.73. The minimum absolute atomic E-state index is 0. The predicted octanol–water partition coefficient (Wildman–Crippen LogP) is 4.89. The van der Waals surface area contributed by atoms with E-state index in [9.17, 15) is 14.4 Å². The third kappa shape index (κ3) is 4.80. The first-order valence-corrected chi connectivity index (χ1v) is 12.6. The summed E-state index contributed by atoms with van der Waals surface area (Å²) in [6, 6.07) is 12.5. The van der Waals surface area contributed by atoms with E-state index in [-0.39, 0.29) is 24.3 Å². The Balaban J connectivity index is 0.00000353. The van der Waals surface area contributed by atoms with Crippen LogP contribution in [0.3, 0.4) is 0 Å². The van der Waals surface area contributed by atoms with Gasteiger partial charge in [-0.2, -0.15) is 5.26 Å². The van der Waals surface area contributed by atoms with Gasteiger partial charge >= 0.3 is 0 Å². The van der Waals surface area contributed by atoms with Gasteiger partial charge in [0.05, 0.1) is 18.0 Å². The number of nitrogens with zero attached hydrogens (tertiary/aromatic N) is 5. The van der Waals surface area contributed by atoms with Gasteiger partial charge in [0.2, 0.25) is 0 Å². The van der Waals surface area contributed by atoms with Crippen molar-refractivity contribution in [3.05, 3.63) is 70.5 Å². The molecule has 0 radical (unpaired) electrons. The maximum atomic E-state index is 14.9. The molecule has 3 heterocycles. The first-order valence-electron chi connectivity index (χ1n) is 12.6. The van der Waals surface area contributed by atoms with Gasteiger partial charge in [-0.1, -0.05) is 25.1 Å². The van der Waals surface area contributed by atoms with Crippen molar-refractivity contribution in [3.63, 3.8) is 0 Å². The average molecular weight is 516 g/mol. The molecule has 5 rings (SSSR count). The van der Waals surface area contributed by atoms with Crippen molar-refractivity contribution in [2.24, 2.45) is 0 Å². The Bertz CT molecular complexity index is 1590. The maximum Gasteiger partial charge on any atom is 0.251 e. The summed E-state index contributed by atoms with van der Waals surface area (Å²) >= 11 is 0. The summed E-state index contributed by atoms with van der Waals surface area (Å²) in [6.45, 7) is 4.36. The normalized spacial score (nSPS) is 13.4. The number of nitriles is 1. The Morgan fingerprint density at radius 2 is 2.03 bits per heavy atom. The van der Waals surface area contributed by atoms with Crippen LogP contribution in [0.2, 0.25) is 0 Å². The number of anilines is 1. The topological polar surface area (TPSA) is 136 Å². The van der Waals surface area contributed by atoms with E-state index in [1.807, 2.05) is 19.9 Å². The molecule has 38 heavy (non-hydrogen) atoms. The van der Waals surface area contributed by atoms with Crippen molar-refractivity contribution in [2.75, 3.05) is 5.73 Å². The lowest BCUT2D eigenvalue weighted by Crippen LogP contribution is -2.38. The van der Waals surface area contributed by atoms with Crippen molar-refractivity contribution in [1.82, 2.24) is 25.0 Å². The molecule has 0 bridgehead atoms. The van der Waals surface area contributed by atoms with Gasteiger partial charge in [-0.05, 0) is 49.4 Å². The maximum absolute atomic E-state index is 14.9. The smallest absolute Gasteiger partial charge is 0.251 e. The number of pyridine rings is 1. The number of rotatable bonds is 9. The van der Waals surface area contributed by atoms with Gasteiger partial charge in [0.1, 0.15) is 17.1 Å². The highest BCUT2D eigenvalue weighted by Gasteiger charge is 2.29. The van der Waals surface area contributed by atoms with Gasteiger partial charge in [0.15, 0.2) is 17.3 Å². The summed E-state index contributed by atoms with van der Waals surface area (Å²) in [5.74, 6) is -0.0596. The third-order valence-corrected chi connectivity index (χ3v) is 7.07. The summed E-state index contributed by atoms with van der Waals surface area (Å²) in [5.41, 5.74) is 7.58. The second-order valence-electron chi connectivity index (χ2n) is 9.51. The fourth-order valence-electron chi connectivity index (χ4n) is 4.43. The number of nitrogen functional groups attached to an aromatic ring is 1. The van der Waals surface area contributed by atoms with E-state index in [2.05, 4.69) is 26.5 Å². The van der Waals surface area contributed by atoms with Crippen LogP contribution in [0.25, 0.3) is 34.0 Å². The van der Waals surface area contributed by atoms with Gasteiger partial charge in [-0.15, -0.1) is 0 Å². The fourth-order valence-corrected chi connectivity index (χ4v) is 4.43. The van der Waals surface area contributed by atoms with Gasteiger partial charge in [-0.25, -0.2) is 14.4 Å².